The van der Waals surface area contributed by atoms with Gasteiger partial charge in [-0.1, -0.05) is 18.2 Å². The highest BCUT2D eigenvalue weighted by Crippen LogP contribution is 2.23. The number of hydrogen-bond acceptors (Lipinski definition) is 3. The first-order valence-corrected chi connectivity index (χ1v) is 5.87. The molecule has 2 aromatic rings. The van der Waals surface area contributed by atoms with Crippen molar-refractivity contribution < 1.29 is 5.11 Å². The van der Waals surface area contributed by atoms with Crippen LogP contribution in [0.25, 0.3) is 5.65 Å². The van der Waals surface area contributed by atoms with Gasteiger partial charge in [-0.2, -0.15) is 0 Å². The second kappa shape index (κ2) is 4.22. The maximum absolute atomic E-state index is 9.53. The minimum Gasteiger partial charge on any atom is -0.390 e. The van der Waals surface area contributed by atoms with Crippen molar-refractivity contribution in [3.8, 4) is 0 Å². The minimum absolute atomic E-state index is 0.0146. The van der Waals surface area contributed by atoms with Crippen LogP contribution in [0.3, 0.4) is 0 Å². The van der Waals surface area contributed by atoms with E-state index in [4.69, 9.17) is 0 Å². The van der Waals surface area contributed by atoms with Gasteiger partial charge in [0.1, 0.15) is 5.65 Å². The van der Waals surface area contributed by atoms with E-state index in [2.05, 4.69) is 22.0 Å². The molecule has 3 rings (SSSR count). The average molecular weight is 229 g/mol. The van der Waals surface area contributed by atoms with E-state index in [1.807, 2.05) is 28.8 Å². The van der Waals surface area contributed by atoms with Crippen molar-refractivity contribution in [3.63, 3.8) is 0 Å². The first-order chi connectivity index (χ1) is 8.40. The summed E-state index contributed by atoms with van der Waals surface area (Å²) in [7, 11) is 0. The van der Waals surface area contributed by atoms with Gasteiger partial charge >= 0.3 is 0 Å². The summed E-state index contributed by atoms with van der Waals surface area (Å²) < 4.78 is 1.95. The second-order valence-electron chi connectivity index (χ2n) is 4.18. The van der Waals surface area contributed by atoms with Crippen LogP contribution in [0.2, 0.25) is 0 Å². The predicted molar refractivity (Wildman–Crippen MR) is 67.1 cm³/mol. The van der Waals surface area contributed by atoms with E-state index in [9.17, 15) is 5.11 Å². The van der Waals surface area contributed by atoms with E-state index in [0.29, 0.717) is 0 Å². The molecule has 1 aliphatic heterocycles. The molecule has 4 nitrogen and oxygen atoms in total. The van der Waals surface area contributed by atoms with Crippen LogP contribution in [0.5, 0.6) is 0 Å². The van der Waals surface area contributed by atoms with Crippen molar-refractivity contribution in [2.75, 3.05) is 18.0 Å². The normalized spacial score (nSPS) is 15.7. The van der Waals surface area contributed by atoms with Crippen LogP contribution in [0, 0.1) is 0 Å². The molecule has 0 unspecified atom stereocenters. The van der Waals surface area contributed by atoms with E-state index in [-0.39, 0.29) is 6.61 Å². The summed E-state index contributed by atoms with van der Waals surface area (Å²) in [5, 5.41) is 9.53. The number of rotatable bonds is 2. The third-order valence-electron chi connectivity index (χ3n) is 3.12. The van der Waals surface area contributed by atoms with Gasteiger partial charge < -0.3 is 10.0 Å². The number of fused-ring (bicyclic) bond motifs is 1. The van der Waals surface area contributed by atoms with Gasteiger partial charge in [-0.3, -0.25) is 4.40 Å². The first kappa shape index (κ1) is 10.4. The summed E-state index contributed by atoms with van der Waals surface area (Å²) in [6, 6.07) is 5.87. The number of hydrogen-bond donors (Lipinski definition) is 1. The third kappa shape index (κ3) is 1.70. The Hall–Kier alpha value is -1.81. The van der Waals surface area contributed by atoms with Crippen molar-refractivity contribution in [3.05, 3.63) is 42.2 Å². The van der Waals surface area contributed by atoms with Crippen molar-refractivity contribution in [1.29, 1.82) is 0 Å². The summed E-state index contributed by atoms with van der Waals surface area (Å²) in [5.74, 6) is 0.906. The van der Waals surface area contributed by atoms with E-state index in [1.54, 1.807) is 0 Å². The van der Waals surface area contributed by atoms with Crippen LogP contribution in [0.4, 0.5) is 5.82 Å². The number of aliphatic hydroxyl groups is 1. The van der Waals surface area contributed by atoms with E-state index >= 15 is 0 Å². The second-order valence-corrected chi connectivity index (χ2v) is 4.18. The van der Waals surface area contributed by atoms with E-state index < -0.39 is 0 Å². The molecule has 0 radical (unpaired) electrons. The highest BCUT2D eigenvalue weighted by atomic mass is 16.3. The van der Waals surface area contributed by atoms with Gasteiger partial charge in [0.15, 0.2) is 5.82 Å². The number of aliphatic hydroxyl groups excluding tert-OH is 1. The molecule has 3 heterocycles. The summed E-state index contributed by atoms with van der Waals surface area (Å²) in [6.45, 7) is 1.85. The topological polar surface area (TPSA) is 40.8 Å². The maximum Gasteiger partial charge on any atom is 0.153 e. The molecule has 0 saturated carbocycles. The van der Waals surface area contributed by atoms with Gasteiger partial charge in [-0.25, -0.2) is 4.98 Å². The van der Waals surface area contributed by atoms with Crippen LogP contribution in [0.15, 0.2) is 36.5 Å². The molecule has 0 bridgehead atoms. The lowest BCUT2D eigenvalue weighted by atomic mass is 10.2. The number of nitrogens with zero attached hydrogens (tertiary/aromatic N) is 3. The molecule has 1 N–H and O–H groups in total. The molecule has 4 heteroatoms. The van der Waals surface area contributed by atoms with Gasteiger partial charge in [0.05, 0.1) is 12.3 Å². The molecule has 17 heavy (non-hydrogen) atoms. The highest BCUT2D eigenvalue weighted by molar-refractivity contribution is 5.56. The molecule has 0 saturated heterocycles. The van der Waals surface area contributed by atoms with Gasteiger partial charge in [-0.05, 0) is 18.6 Å². The Balaban J connectivity index is 2.11. The van der Waals surface area contributed by atoms with Gasteiger partial charge in [0, 0.05) is 19.3 Å². The van der Waals surface area contributed by atoms with Crippen molar-refractivity contribution in [2.45, 2.75) is 13.0 Å². The van der Waals surface area contributed by atoms with Crippen LogP contribution in [0.1, 0.15) is 12.1 Å². The van der Waals surface area contributed by atoms with Gasteiger partial charge in [0.25, 0.3) is 0 Å². The zero-order valence-electron chi connectivity index (χ0n) is 9.58. The molecule has 0 atom stereocenters. The monoisotopic (exact) mass is 229 g/mol. The lowest BCUT2D eigenvalue weighted by Gasteiger charge is -2.24. The van der Waals surface area contributed by atoms with Crippen molar-refractivity contribution in [2.24, 2.45) is 0 Å². The smallest absolute Gasteiger partial charge is 0.153 e. The third-order valence-corrected chi connectivity index (χ3v) is 3.12. The number of aromatic nitrogens is 2. The Labute approximate surface area is 99.8 Å². The number of anilines is 1. The van der Waals surface area contributed by atoms with E-state index in [0.717, 1.165) is 36.7 Å². The number of imidazole rings is 1. The lowest BCUT2D eigenvalue weighted by Crippen LogP contribution is -2.28. The fourth-order valence-electron chi connectivity index (χ4n) is 2.27. The highest BCUT2D eigenvalue weighted by Gasteiger charge is 2.17. The number of pyridine rings is 1. The molecular formula is C13H15N3O. The van der Waals surface area contributed by atoms with Gasteiger partial charge in [0.2, 0.25) is 0 Å². The zero-order valence-corrected chi connectivity index (χ0v) is 9.58. The molecule has 0 amide bonds. The molecular weight excluding hydrogens is 214 g/mol. The molecule has 0 aliphatic carbocycles. The minimum atomic E-state index is 0.0146. The Bertz CT molecular complexity index is 559. The summed E-state index contributed by atoms with van der Waals surface area (Å²) >= 11 is 0. The maximum atomic E-state index is 9.53. The van der Waals surface area contributed by atoms with Crippen LogP contribution in [-0.4, -0.2) is 27.6 Å². The zero-order chi connectivity index (χ0) is 11.7. The standard InChI is InChI=1S/C13H15N3O/c17-10-11-13(15-7-3-1-4-8-15)14-12-6-2-5-9-16(11)12/h1-3,5-6,9,17H,4,7-8,10H2. The average Bonchev–Trinajstić information content (AvgIpc) is 2.78. The Morgan fingerprint density at radius 1 is 1.29 bits per heavy atom. The molecule has 88 valence electrons. The Morgan fingerprint density at radius 2 is 2.24 bits per heavy atom. The Morgan fingerprint density at radius 3 is 3.00 bits per heavy atom. The van der Waals surface area contributed by atoms with Gasteiger partial charge in [-0.15, -0.1) is 0 Å². The molecule has 0 fully saturated rings. The molecule has 2 aromatic heterocycles. The largest absolute Gasteiger partial charge is 0.390 e. The summed E-state index contributed by atoms with van der Waals surface area (Å²) in [6.07, 6.45) is 7.31. The van der Waals surface area contributed by atoms with Crippen LogP contribution >= 0.6 is 0 Å². The fourth-order valence-corrected chi connectivity index (χ4v) is 2.27. The summed E-state index contributed by atoms with van der Waals surface area (Å²) in [4.78, 5) is 6.81. The Kier molecular flexibility index (Phi) is 2.57. The van der Waals surface area contributed by atoms with Crippen molar-refractivity contribution >= 4 is 11.5 Å². The SMILES string of the molecule is OCc1c(N2CC=CCC2)nc2ccccn12. The first-order valence-electron chi connectivity index (χ1n) is 5.87. The van der Waals surface area contributed by atoms with Crippen molar-refractivity contribution in [1.82, 2.24) is 9.38 Å². The fraction of sp³-hybridized carbons (Fsp3) is 0.308. The summed E-state index contributed by atoms with van der Waals surface area (Å²) in [5.41, 5.74) is 1.76. The molecule has 0 aromatic carbocycles. The van der Waals surface area contributed by atoms with E-state index in [1.165, 1.54) is 0 Å². The predicted octanol–water partition coefficient (Wildman–Crippen LogP) is 1.59. The quantitative estimate of drug-likeness (QED) is 0.795. The van der Waals surface area contributed by atoms with Crippen LogP contribution < -0.4 is 4.90 Å². The van der Waals surface area contributed by atoms with Crippen LogP contribution in [-0.2, 0) is 6.61 Å². The molecule has 0 spiro atoms. The lowest BCUT2D eigenvalue weighted by molar-refractivity contribution is 0.276. The molecule has 1 aliphatic rings.